The number of halogens is 3. The summed E-state index contributed by atoms with van der Waals surface area (Å²) in [5.41, 5.74) is -3.02. The Morgan fingerprint density at radius 3 is 2.53 bits per heavy atom. The summed E-state index contributed by atoms with van der Waals surface area (Å²) in [6.07, 6.45) is 2.77. The van der Waals surface area contributed by atoms with E-state index in [2.05, 4.69) is 4.98 Å². The lowest BCUT2D eigenvalue weighted by Crippen LogP contribution is -2.35. The highest BCUT2D eigenvalue weighted by atomic mass is 19.4. The zero-order valence-corrected chi connectivity index (χ0v) is 15.7. The Bertz CT molecular complexity index is 1190. The molecule has 1 fully saturated rings. The third-order valence-electron chi connectivity index (χ3n) is 5.68. The van der Waals surface area contributed by atoms with Gasteiger partial charge in [0.15, 0.2) is 5.75 Å². The van der Waals surface area contributed by atoms with Crippen molar-refractivity contribution in [3.8, 4) is 5.75 Å². The van der Waals surface area contributed by atoms with Crippen molar-refractivity contribution in [1.29, 1.82) is 0 Å². The monoisotopic (exact) mass is 421 g/mol. The molecule has 158 valence electrons. The Balaban J connectivity index is 1.88. The predicted octanol–water partition coefficient (Wildman–Crippen LogP) is 3.59. The first kappa shape index (κ1) is 20.0. The lowest BCUT2D eigenvalue weighted by Gasteiger charge is -2.33. The van der Waals surface area contributed by atoms with Gasteiger partial charge in [-0.05, 0) is 25.0 Å². The molecule has 2 N–H and O–H groups in total. The highest BCUT2D eigenvalue weighted by Gasteiger charge is 2.41. The van der Waals surface area contributed by atoms with E-state index in [1.54, 1.807) is 0 Å². The van der Waals surface area contributed by atoms with Crippen LogP contribution in [0.2, 0.25) is 0 Å². The van der Waals surface area contributed by atoms with Gasteiger partial charge in [-0.15, -0.1) is 0 Å². The van der Waals surface area contributed by atoms with Gasteiger partial charge in [0, 0.05) is 36.7 Å². The average Bonchev–Trinajstić information content (AvgIpc) is 3.29. The number of aromatic carboxylic acids is 1. The molecule has 0 aromatic carbocycles. The summed E-state index contributed by atoms with van der Waals surface area (Å²) in [6.45, 7) is 0.0821. The molecule has 4 rings (SSSR count). The number of carboxylic acid groups (broad SMARTS) is 1. The Labute approximate surface area is 168 Å². The van der Waals surface area contributed by atoms with Gasteiger partial charge in [-0.3, -0.25) is 4.79 Å². The van der Waals surface area contributed by atoms with Crippen LogP contribution in [0.15, 0.2) is 41.7 Å². The topological polar surface area (TPSA) is 97.3 Å². The average molecular weight is 421 g/mol. The van der Waals surface area contributed by atoms with Crippen LogP contribution in [-0.2, 0) is 18.3 Å². The number of nitrogens with zero attached hydrogens (tertiary/aromatic N) is 3. The zero-order chi connectivity index (χ0) is 21.7. The second kappa shape index (κ2) is 6.89. The van der Waals surface area contributed by atoms with Crippen LogP contribution in [0.1, 0.15) is 41.6 Å². The van der Waals surface area contributed by atoms with Gasteiger partial charge in [0.1, 0.15) is 11.2 Å². The molecule has 7 nitrogen and oxygen atoms in total. The maximum absolute atomic E-state index is 13.6. The normalized spacial score (nSPS) is 16.2. The molecule has 1 aliphatic carbocycles. The van der Waals surface area contributed by atoms with E-state index in [1.165, 1.54) is 27.5 Å². The van der Waals surface area contributed by atoms with E-state index in [4.69, 9.17) is 0 Å². The number of fused-ring (bicyclic) bond motifs is 1. The van der Waals surface area contributed by atoms with Crippen LogP contribution in [0.4, 0.5) is 13.2 Å². The minimum absolute atomic E-state index is 0.00902. The summed E-state index contributed by atoms with van der Waals surface area (Å²) >= 11 is 0. The molecule has 3 heterocycles. The Morgan fingerprint density at radius 2 is 1.90 bits per heavy atom. The number of hydrogen-bond donors (Lipinski definition) is 2. The van der Waals surface area contributed by atoms with Gasteiger partial charge in [-0.25, -0.2) is 9.78 Å². The summed E-state index contributed by atoms with van der Waals surface area (Å²) in [6, 6.07) is 2.82. The summed E-state index contributed by atoms with van der Waals surface area (Å²) in [5, 5.41) is 19.1. The lowest BCUT2D eigenvalue weighted by molar-refractivity contribution is -0.136. The molecule has 3 aromatic heterocycles. The molecule has 3 aromatic rings. The van der Waals surface area contributed by atoms with Crippen molar-refractivity contribution in [2.24, 2.45) is 0 Å². The maximum Gasteiger partial charge on any atom is 0.418 e. The molecule has 0 atom stereocenters. The molecule has 0 unspecified atom stereocenters. The predicted molar refractivity (Wildman–Crippen MR) is 101 cm³/mol. The number of carboxylic acids is 1. The van der Waals surface area contributed by atoms with Crippen molar-refractivity contribution in [3.05, 3.63) is 58.3 Å². The molecule has 0 spiro atoms. The van der Waals surface area contributed by atoms with Crippen molar-refractivity contribution in [3.63, 3.8) is 0 Å². The molecule has 10 heteroatoms. The van der Waals surface area contributed by atoms with Gasteiger partial charge in [0.2, 0.25) is 5.43 Å². The standard InChI is InChI=1S/C20H18F3N3O4/c21-20(22,23)14-9-26(17-12(14)4-3-7-24-17)19(5-1-2-6-19)11-25-8-13(18(29)30)16(28)15(27)10-25/h3-4,7-10,27H,1-2,5-6,11H2,(H,29,30). The molecule has 1 saturated carbocycles. The second-order valence-electron chi connectivity index (χ2n) is 7.58. The van der Waals surface area contributed by atoms with Crippen molar-refractivity contribution in [2.75, 3.05) is 0 Å². The summed E-state index contributed by atoms with van der Waals surface area (Å²) in [7, 11) is 0. The number of alkyl halides is 3. The van der Waals surface area contributed by atoms with Crippen molar-refractivity contribution < 1.29 is 28.2 Å². The van der Waals surface area contributed by atoms with Crippen LogP contribution in [0.25, 0.3) is 11.0 Å². The first-order chi connectivity index (χ1) is 14.1. The van der Waals surface area contributed by atoms with Crippen molar-refractivity contribution in [1.82, 2.24) is 14.1 Å². The highest BCUT2D eigenvalue weighted by Crippen LogP contribution is 2.44. The van der Waals surface area contributed by atoms with E-state index in [-0.39, 0.29) is 17.6 Å². The van der Waals surface area contributed by atoms with Gasteiger partial charge in [-0.1, -0.05) is 12.8 Å². The number of rotatable bonds is 4. The van der Waals surface area contributed by atoms with Crippen LogP contribution in [0, 0.1) is 0 Å². The van der Waals surface area contributed by atoms with Gasteiger partial charge in [0.05, 0.1) is 11.1 Å². The SMILES string of the molecule is O=C(O)c1cn(CC2(n3cc(C(F)(F)F)c4cccnc43)CCCC2)cc(O)c1=O. The van der Waals surface area contributed by atoms with E-state index in [0.717, 1.165) is 31.4 Å². The van der Waals surface area contributed by atoms with Gasteiger partial charge in [-0.2, -0.15) is 13.2 Å². The Hall–Kier alpha value is -3.30. The number of aromatic nitrogens is 3. The van der Waals surface area contributed by atoms with Crippen molar-refractivity contribution >= 4 is 17.0 Å². The fraction of sp³-hybridized carbons (Fsp3) is 0.350. The van der Waals surface area contributed by atoms with Crippen molar-refractivity contribution in [2.45, 2.75) is 43.9 Å². The minimum Gasteiger partial charge on any atom is -0.503 e. The molecule has 0 radical (unpaired) electrons. The first-order valence-electron chi connectivity index (χ1n) is 9.32. The molecular formula is C20H18F3N3O4. The molecule has 0 aliphatic heterocycles. The smallest absolute Gasteiger partial charge is 0.418 e. The van der Waals surface area contributed by atoms with E-state index in [0.29, 0.717) is 12.8 Å². The number of hydrogen-bond acceptors (Lipinski definition) is 4. The Morgan fingerprint density at radius 1 is 1.20 bits per heavy atom. The van der Waals surface area contributed by atoms with Gasteiger partial charge >= 0.3 is 12.1 Å². The number of aromatic hydroxyl groups is 1. The minimum atomic E-state index is -4.56. The molecule has 1 aliphatic rings. The largest absolute Gasteiger partial charge is 0.503 e. The van der Waals surface area contributed by atoms with Crippen LogP contribution in [0.5, 0.6) is 5.75 Å². The Kier molecular flexibility index (Phi) is 4.59. The highest BCUT2D eigenvalue weighted by molar-refractivity contribution is 5.87. The van der Waals surface area contributed by atoms with Gasteiger partial charge < -0.3 is 19.3 Å². The van der Waals surface area contributed by atoms with Crippen LogP contribution < -0.4 is 5.43 Å². The summed E-state index contributed by atoms with van der Waals surface area (Å²) < 4.78 is 43.8. The maximum atomic E-state index is 13.6. The summed E-state index contributed by atoms with van der Waals surface area (Å²) in [4.78, 5) is 27.4. The quantitative estimate of drug-likeness (QED) is 0.671. The summed E-state index contributed by atoms with van der Waals surface area (Å²) in [5.74, 6) is -2.22. The van der Waals surface area contributed by atoms with Crippen LogP contribution >= 0.6 is 0 Å². The third kappa shape index (κ3) is 3.21. The number of pyridine rings is 2. The van der Waals surface area contributed by atoms with Crippen LogP contribution in [0.3, 0.4) is 0 Å². The van der Waals surface area contributed by atoms with Crippen LogP contribution in [-0.4, -0.2) is 30.3 Å². The molecule has 0 bridgehead atoms. The molecule has 0 amide bonds. The third-order valence-corrected chi connectivity index (χ3v) is 5.68. The van der Waals surface area contributed by atoms with E-state index in [1.807, 2.05) is 0 Å². The molecule has 30 heavy (non-hydrogen) atoms. The fourth-order valence-corrected chi connectivity index (χ4v) is 4.35. The van der Waals surface area contributed by atoms with E-state index >= 15 is 0 Å². The molecule has 0 saturated heterocycles. The first-order valence-corrected chi connectivity index (χ1v) is 9.32. The number of carbonyl (C=O) groups is 1. The molecular weight excluding hydrogens is 403 g/mol. The van der Waals surface area contributed by atoms with E-state index in [9.17, 15) is 33.0 Å². The second-order valence-corrected chi connectivity index (χ2v) is 7.58. The lowest BCUT2D eigenvalue weighted by atomic mass is 9.96. The fourth-order valence-electron chi connectivity index (χ4n) is 4.35. The van der Waals surface area contributed by atoms with E-state index < -0.39 is 40.0 Å². The van der Waals surface area contributed by atoms with Gasteiger partial charge in [0.25, 0.3) is 0 Å². The zero-order valence-electron chi connectivity index (χ0n) is 15.7.